The van der Waals surface area contributed by atoms with Gasteiger partial charge >= 0.3 is 12.1 Å². The predicted octanol–water partition coefficient (Wildman–Crippen LogP) is 6.10. The van der Waals surface area contributed by atoms with Crippen LogP contribution in [0.15, 0.2) is 60.7 Å². The zero-order valence-corrected chi connectivity index (χ0v) is 25.8. The SMILES string of the molecule is Cc1cc(C)c(C(=O)N2CCN(c3ccccc3C#N)CC2)cc1CC1CCN(c2cccc(C#N)c2)CC1.O=C(O)C(F)(F)F. The lowest BCUT2D eigenvalue weighted by atomic mass is 9.86. The number of piperidine rings is 1. The topological polar surface area (TPSA) is 112 Å². The number of aryl methyl sites for hydroxylation is 2. The normalized spacial score (nSPS) is 15.3. The number of carboxylic acid groups (broad SMARTS) is 1. The molecule has 240 valence electrons. The van der Waals surface area contributed by atoms with E-state index in [0.29, 0.717) is 30.1 Å². The van der Waals surface area contributed by atoms with Crippen molar-refractivity contribution in [3.63, 3.8) is 0 Å². The highest BCUT2D eigenvalue weighted by atomic mass is 19.4. The Morgan fingerprint density at radius 2 is 1.50 bits per heavy atom. The van der Waals surface area contributed by atoms with Gasteiger partial charge in [-0.05, 0) is 92.1 Å². The Hall–Kier alpha value is -5.03. The summed E-state index contributed by atoms with van der Waals surface area (Å²) in [6.07, 6.45) is -1.91. The number of piperazine rings is 1. The minimum absolute atomic E-state index is 0.106. The van der Waals surface area contributed by atoms with Crippen LogP contribution in [0.25, 0.3) is 0 Å². The number of para-hydroxylation sites is 1. The molecule has 0 unspecified atom stereocenters. The molecule has 1 amide bonds. The zero-order chi connectivity index (χ0) is 33.4. The van der Waals surface area contributed by atoms with Crippen LogP contribution >= 0.6 is 0 Å². The molecule has 5 rings (SSSR count). The van der Waals surface area contributed by atoms with E-state index in [1.165, 1.54) is 11.1 Å². The molecule has 2 fully saturated rings. The lowest BCUT2D eigenvalue weighted by Crippen LogP contribution is -2.49. The van der Waals surface area contributed by atoms with Crippen LogP contribution in [0.3, 0.4) is 0 Å². The molecular weight excluding hydrogens is 595 g/mol. The molecule has 1 N–H and O–H groups in total. The van der Waals surface area contributed by atoms with E-state index < -0.39 is 12.1 Å². The molecule has 0 spiro atoms. The van der Waals surface area contributed by atoms with Crippen LogP contribution in [-0.4, -0.2) is 67.3 Å². The summed E-state index contributed by atoms with van der Waals surface area (Å²) >= 11 is 0. The maximum atomic E-state index is 13.6. The monoisotopic (exact) mass is 631 g/mol. The summed E-state index contributed by atoms with van der Waals surface area (Å²) in [5.41, 5.74) is 7.83. The van der Waals surface area contributed by atoms with Gasteiger partial charge in [-0.15, -0.1) is 0 Å². The van der Waals surface area contributed by atoms with Crippen molar-refractivity contribution < 1.29 is 27.9 Å². The van der Waals surface area contributed by atoms with Gasteiger partial charge in [0.05, 0.1) is 22.9 Å². The molecular formula is C35H36F3N5O3. The number of carbonyl (C=O) groups excluding carboxylic acids is 1. The second-order valence-electron chi connectivity index (χ2n) is 11.6. The second kappa shape index (κ2) is 14.8. The number of nitriles is 2. The van der Waals surface area contributed by atoms with Crippen molar-refractivity contribution in [2.24, 2.45) is 5.92 Å². The molecule has 0 aliphatic carbocycles. The van der Waals surface area contributed by atoms with E-state index >= 15 is 0 Å². The highest BCUT2D eigenvalue weighted by Crippen LogP contribution is 2.29. The first-order valence-corrected chi connectivity index (χ1v) is 15.1. The fraction of sp³-hybridized carbons (Fsp3) is 0.371. The van der Waals surface area contributed by atoms with Crippen LogP contribution in [-0.2, 0) is 11.2 Å². The fourth-order valence-electron chi connectivity index (χ4n) is 5.99. The van der Waals surface area contributed by atoms with Crippen molar-refractivity contribution >= 4 is 23.3 Å². The average Bonchev–Trinajstić information content (AvgIpc) is 3.06. The Labute approximate surface area is 266 Å². The molecule has 2 aliphatic heterocycles. The third-order valence-electron chi connectivity index (χ3n) is 8.55. The molecule has 11 heteroatoms. The molecule has 3 aromatic carbocycles. The predicted molar refractivity (Wildman–Crippen MR) is 169 cm³/mol. The average molecular weight is 632 g/mol. The number of aliphatic carboxylic acids is 1. The first-order valence-electron chi connectivity index (χ1n) is 15.1. The second-order valence-corrected chi connectivity index (χ2v) is 11.6. The number of anilines is 2. The molecule has 2 heterocycles. The number of carbonyl (C=O) groups is 2. The highest BCUT2D eigenvalue weighted by molar-refractivity contribution is 5.96. The van der Waals surface area contributed by atoms with Crippen LogP contribution in [0, 0.1) is 42.4 Å². The van der Waals surface area contributed by atoms with Gasteiger partial charge in [0, 0.05) is 50.5 Å². The van der Waals surface area contributed by atoms with E-state index in [1.54, 1.807) is 0 Å². The van der Waals surface area contributed by atoms with E-state index in [1.807, 2.05) is 54.3 Å². The summed E-state index contributed by atoms with van der Waals surface area (Å²) in [5, 5.41) is 25.8. The number of benzene rings is 3. The van der Waals surface area contributed by atoms with Crippen LogP contribution in [0.1, 0.15) is 51.0 Å². The van der Waals surface area contributed by atoms with Crippen molar-refractivity contribution in [3.8, 4) is 12.1 Å². The Kier molecular flexibility index (Phi) is 10.9. The molecule has 0 aromatic heterocycles. The van der Waals surface area contributed by atoms with Crippen molar-refractivity contribution in [1.82, 2.24) is 4.90 Å². The molecule has 0 saturated carbocycles. The number of alkyl halides is 3. The van der Waals surface area contributed by atoms with Crippen LogP contribution in [0.4, 0.5) is 24.5 Å². The molecule has 0 radical (unpaired) electrons. The van der Waals surface area contributed by atoms with Gasteiger partial charge in [0.15, 0.2) is 0 Å². The van der Waals surface area contributed by atoms with Gasteiger partial charge in [0.1, 0.15) is 6.07 Å². The van der Waals surface area contributed by atoms with Gasteiger partial charge in [0.2, 0.25) is 0 Å². The van der Waals surface area contributed by atoms with Gasteiger partial charge in [-0.3, -0.25) is 4.79 Å². The summed E-state index contributed by atoms with van der Waals surface area (Å²) in [6, 6.07) is 24.4. The number of nitrogens with zero attached hydrogens (tertiary/aromatic N) is 5. The van der Waals surface area contributed by atoms with E-state index in [2.05, 4.69) is 47.1 Å². The van der Waals surface area contributed by atoms with Crippen molar-refractivity contribution in [1.29, 1.82) is 10.5 Å². The maximum Gasteiger partial charge on any atom is 0.490 e. The third-order valence-corrected chi connectivity index (χ3v) is 8.55. The largest absolute Gasteiger partial charge is 0.490 e. The lowest BCUT2D eigenvalue weighted by molar-refractivity contribution is -0.192. The summed E-state index contributed by atoms with van der Waals surface area (Å²) in [6.45, 7) is 8.89. The smallest absolute Gasteiger partial charge is 0.475 e. The quantitative estimate of drug-likeness (QED) is 0.362. The van der Waals surface area contributed by atoms with E-state index in [0.717, 1.165) is 67.9 Å². The summed E-state index contributed by atoms with van der Waals surface area (Å²) in [7, 11) is 0. The number of amides is 1. The van der Waals surface area contributed by atoms with Gasteiger partial charge in [0.25, 0.3) is 5.91 Å². The van der Waals surface area contributed by atoms with Crippen LogP contribution in [0.5, 0.6) is 0 Å². The Morgan fingerprint density at radius 1 is 0.848 bits per heavy atom. The van der Waals surface area contributed by atoms with Crippen molar-refractivity contribution in [2.45, 2.75) is 39.3 Å². The van der Waals surface area contributed by atoms with E-state index in [4.69, 9.17) is 9.90 Å². The number of hydrogen-bond acceptors (Lipinski definition) is 6. The molecule has 46 heavy (non-hydrogen) atoms. The summed E-state index contributed by atoms with van der Waals surface area (Å²) in [4.78, 5) is 29.1. The van der Waals surface area contributed by atoms with Crippen molar-refractivity contribution in [3.05, 3.63) is 94.0 Å². The van der Waals surface area contributed by atoms with Crippen LogP contribution < -0.4 is 9.80 Å². The molecule has 0 atom stereocenters. The fourth-order valence-corrected chi connectivity index (χ4v) is 5.99. The zero-order valence-electron chi connectivity index (χ0n) is 25.8. The Balaban J connectivity index is 0.000000617. The summed E-state index contributed by atoms with van der Waals surface area (Å²) in [5.74, 6) is -2.07. The van der Waals surface area contributed by atoms with Gasteiger partial charge in [-0.25, -0.2) is 4.79 Å². The molecule has 2 aliphatic rings. The molecule has 3 aromatic rings. The first-order chi connectivity index (χ1) is 21.9. The highest BCUT2D eigenvalue weighted by Gasteiger charge is 2.38. The Morgan fingerprint density at radius 3 is 2.11 bits per heavy atom. The Bertz CT molecular complexity index is 1640. The standard InChI is InChI=1S/C33H35N5O.C2HF3O2/c1-24-18-25(2)31(33(39)38-16-14-37(15-17-38)32-9-4-3-7-28(32)23-35)21-29(24)19-26-10-12-36(13-11-26)30-8-5-6-27(20-30)22-34;3-2(4,5)1(6)7/h3-9,18,20-21,26H,10-17,19H2,1-2H3;(H,6,7). The molecule has 0 bridgehead atoms. The minimum Gasteiger partial charge on any atom is -0.475 e. The number of rotatable bonds is 5. The number of carboxylic acids is 1. The molecule has 2 saturated heterocycles. The van der Waals surface area contributed by atoms with E-state index in [-0.39, 0.29) is 5.91 Å². The maximum absolute atomic E-state index is 13.6. The van der Waals surface area contributed by atoms with Gasteiger partial charge in [-0.2, -0.15) is 23.7 Å². The molecule has 8 nitrogen and oxygen atoms in total. The number of hydrogen-bond donors (Lipinski definition) is 1. The summed E-state index contributed by atoms with van der Waals surface area (Å²) < 4.78 is 31.7. The number of halogens is 3. The van der Waals surface area contributed by atoms with Crippen LogP contribution in [0.2, 0.25) is 0 Å². The first kappa shape index (κ1) is 33.9. The van der Waals surface area contributed by atoms with Crippen molar-refractivity contribution in [2.75, 3.05) is 49.1 Å². The minimum atomic E-state index is -5.08. The third kappa shape index (κ3) is 8.36. The van der Waals surface area contributed by atoms with E-state index in [9.17, 15) is 28.5 Å². The van der Waals surface area contributed by atoms with Gasteiger partial charge < -0.3 is 19.8 Å². The van der Waals surface area contributed by atoms with Gasteiger partial charge in [-0.1, -0.05) is 24.3 Å². The lowest BCUT2D eigenvalue weighted by Gasteiger charge is -2.37.